The number of hydrogen-bond donors (Lipinski definition) is 0. The zero-order valence-corrected chi connectivity index (χ0v) is 12.6. The zero-order chi connectivity index (χ0) is 14.2. The molecule has 0 spiro atoms. The highest BCUT2D eigenvalue weighted by molar-refractivity contribution is 6.04. The maximum atomic E-state index is 13.1. The summed E-state index contributed by atoms with van der Waals surface area (Å²) in [5.41, 5.74) is 3.83. The lowest BCUT2D eigenvalue weighted by Gasteiger charge is -2.28. The van der Waals surface area contributed by atoms with E-state index in [-0.39, 0.29) is 5.92 Å². The third kappa shape index (κ3) is 2.12. The van der Waals surface area contributed by atoms with E-state index in [2.05, 4.69) is 29.2 Å². The monoisotopic (exact) mass is 281 g/mol. The number of rotatable bonds is 1. The molecule has 0 N–H and O–H groups in total. The van der Waals surface area contributed by atoms with E-state index >= 15 is 0 Å². The molecule has 2 aliphatic heterocycles. The van der Waals surface area contributed by atoms with E-state index in [1.165, 1.54) is 48.9 Å². The molecule has 1 aromatic carbocycles. The van der Waals surface area contributed by atoms with Gasteiger partial charge in [-0.15, -0.1) is 0 Å². The molecule has 21 heavy (non-hydrogen) atoms. The minimum Gasteiger partial charge on any atom is -0.374 e. The van der Waals surface area contributed by atoms with Gasteiger partial charge < -0.3 is 4.90 Å². The van der Waals surface area contributed by atoms with Gasteiger partial charge >= 0.3 is 0 Å². The Balaban J connectivity index is 1.79. The average Bonchev–Trinajstić information content (AvgIpc) is 2.70. The molecule has 2 heterocycles. The van der Waals surface area contributed by atoms with Crippen LogP contribution in [0.4, 0.5) is 0 Å². The summed E-state index contributed by atoms with van der Waals surface area (Å²) < 4.78 is 0. The molecule has 1 aliphatic carbocycles. The fraction of sp³-hybridized carbons (Fsp3) is 0.526. The Morgan fingerprint density at radius 2 is 1.71 bits per heavy atom. The zero-order valence-electron chi connectivity index (χ0n) is 12.6. The summed E-state index contributed by atoms with van der Waals surface area (Å²) in [7, 11) is 0. The summed E-state index contributed by atoms with van der Waals surface area (Å²) in [4.78, 5) is 15.6. The van der Waals surface area contributed by atoms with Crippen LogP contribution in [0.5, 0.6) is 0 Å². The molecule has 2 nitrogen and oxygen atoms in total. The molecular weight excluding hydrogens is 258 g/mol. The van der Waals surface area contributed by atoms with Gasteiger partial charge in [-0.2, -0.15) is 0 Å². The predicted octanol–water partition coefficient (Wildman–Crippen LogP) is 3.89. The summed E-state index contributed by atoms with van der Waals surface area (Å²) in [5, 5.41) is 0. The van der Waals surface area contributed by atoms with Crippen LogP contribution in [0.2, 0.25) is 0 Å². The lowest BCUT2D eigenvalue weighted by molar-refractivity contribution is -0.117. The number of carbonyl (C=O) groups is 1. The third-order valence-corrected chi connectivity index (χ3v) is 5.44. The molecule has 2 atom stereocenters. The molecule has 0 bridgehead atoms. The lowest BCUT2D eigenvalue weighted by Crippen LogP contribution is -2.27. The average molecular weight is 281 g/mol. The Labute approximate surface area is 126 Å². The van der Waals surface area contributed by atoms with Crippen LogP contribution in [0.15, 0.2) is 41.6 Å². The summed E-state index contributed by atoms with van der Waals surface area (Å²) >= 11 is 0. The van der Waals surface area contributed by atoms with Crippen molar-refractivity contribution >= 4 is 5.78 Å². The van der Waals surface area contributed by atoms with Crippen molar-refractivity contribution in [2.24, 2.45) is 5.92 Å². The molecule has 0 unspecified atom stereocenters. The topological polar surface area (TPSA) is 20.3 Å². The molecule has 1 aromatic rings. The summed E-state index contributed by atoms with van der Waals surface area (Å²) in [6.45, 7) is 2.31. The fourth-order valence-corrected chi connectivity index (χ4v) is 4.53. The first kappa shape index (κ1) is 13.1. The number of carbonyl (C=O) groups excluding carboxylic acids is 1. The van der Waals surface area contributed by atoms with Crippen LogP contribution in [0.25, 0.3) is 0 Å². The van der Waals surface area contributed by atoms with Crippen molar-refractivity contribution in [1.82, 2.24) is 4.90 Å². The number of hydrogen-bond acceptors (Lipinski definition) is 2. The number of nitrogens with zero attached hydrogens (tertiary/aromatic N) is 1. The van der Waals surface area contributed by atoms with Crippen LogP contribution < -0.4 is 0 Å². The third-order valence-electron chi connectivity index (χ3n) is 5.44. The SMILES string of the molecule is O=C1C2=C3[C@@H](CCCCN3CCCC2)[C@H]1c1ccccc1. The van der Waals surface area contributed by atoms with Crippen molar-refractivity contribution in [2.45, 2.75) is 44.4 Å². The van der Waals surface area contributed by atoms with Crippen molar-refractivity contribution in [1.29, 1.82) is 0 Å². The highest BCUT2D eigenvalue weighted by Gasteiger charge is 2.45. The first-order chi connectivity index (χ1) is 10.4. The minimum absolute atomic E-state index is 0.0925. The maximum Gasteiger partial charge on any atom is 0.168 e. The predicted molar refractivity (Wildman–Crippen MR) is 84.0 cm³/mol. The summed E-state index contributed by atoms with van der Waals surface area (Å²) in [6, 6.07) is 10.5. The van der Waals surface area contributed by atoms with Crippen LogP contribution in [-0.2, 0) is 4.79 Å². The van der Waals surface area contributed by atoms with Crippen molar-refractivity contribution in [3.8, 4) is 0 Å². The number of Topliss-reactive ketones (excluding diaryl/α,β-unsaturated/α-hetero) is 1. The molecule has 0 amide bonds. The molecule has 3 aliphatic rings. The van der Waals surface area contributed by atoms with Gasteiger partial charge in [0.1, 0.15) is 0 Å². The molecule has 0 saturated carbocycles. The highest BCUT2D eigenvalue weighted by Crippen LogP contribution is 2.48. The van der Waals surface area contributed by atoms with Crippen LogP contribution >= 0.6 is 0 Å². The van der Waals surface area contributed by atoms with Crippen LogP contribution in [0.1, 0.15) is 50.0 Å². The molecule has 0 radical (unpaired) electrons. The van der Waals surface area contributed by atoms with E-state index in [0.29, 0.717) is 11.7 Å². The van der Waals surface area contributed by atoms with E-state index in [1.54, 1.807) is 0 Å². The maximum absolute atomic E-state index is 13.1. The molecule has 4 rings (SSSR count). The minimum atomic E-state index is 0.0925. The number of allylic oxidation sites excluding steroid dienone is 2. The second-order valence-corrected chi connectivity index (χ2v) is 6.66. The van der Waals surface area contributed by atoms with E-state index < -0.39 is 0 Å². The van der Waals surface area contributed by atoms with E-state index in [9.17, 15) is 4.79 Å². The van der Waals surface area contributed by atoms with Gasteiger partial charge in [0.2, 0.25) is 0 Å². The Hall–Kier alpha value is -1.57. The van der Waals surface area contributed by atoms with Gasteiger partial charge in [0.05, 0.1) is 5.92 Å². The Bertz CT molecular complexity index is 574. The first-order valence-corrected chi connectivity index (χ1v) is 8.43. The largest absolute Gasteiger partial charge is 0.374 e. The second kappa shape index (κ2) is 5.32. The number of ketones is 1. The van der Waals surface area contributed by atoms with Crippen LogP contribution in [0, 0.1) is 5.92 Å². The van der Waals surface area contributed by atoms with Crippen molar-refractivity contribution in [3.63, 3.8) is 0 Å². The Morgan fingerprint density at radius 1 is 0.952 bits per heavy atom. The van der Waals surface area contributed by atoms with Gasteiger partial charge in [0, 0.05) is 30.3 Å². The van der Waals surface area contributed by atoms with E-state index in [1.807, 2.05) is 6.07 Å². The lowest BCUT2D eigenvalue weighted by atomic mass is 9.83. The number of benzene rings is 1. The highest BCUT2D eigenvalue weighted by atomic mass is 16.1. The van der Waals surface area contributed by atoms with Gasteiger partial charge in [0.15, 0.2) is 5.78 Å². The van der Waals surface area contributed by atoms with Gasteiger partial charge in [-0.3, -0.25) is 4.79 Å². The quantitative estimate of drug-likeness (QED) is 0.778. The second-order valence-electron chi connectivity index (χ2n) is 6.66. The van der Waals surface area contributed by atoms with Crippen molar-refractivity contribution < 1.29 is 4.79 Å². The molecule has 2 heteroatoms. The Morgan fingerprint density at radius 3 is 2.52 bits per heavy atom. The van der Waals surface area contributed by atoms with Crippen LogP contribution in [0.3, 0.4) is 0 Å². The van der Waals surface area contributed by atoms with E-state index in [0.717, 1.165) is 19.5 Å². The smallest absolute Gasteiger partial charge is 0.168 e. The van der Waals surface area contributed by atoms with Gasteiger partial charge in [-0.25, -0.2) is 0 Å². The van der Waals surface area contributed by atoms with Gasteiger partial charge in [0.25, 0.3) is 0 Å². The fourth-order valence-electron chi connectivity index (χ4n) is 4.53. The summed E-state index contributed by atoms with van der Waals surface area (Å²) in [5.74, 6) is 0.959. The molecule has 0 aromatic heterocycles. The molecular formula is C19H23NO. The normalized spacial score (nSPS) is 29.1. The van der Waals surface area contributed by atoms with Crippen molar-refractivity contribution in [3.05, 3.63) is 47.2 Å². The van der Waals surface area contributed by atoms with Gasteiger partial charge in [-0.1, -0.05) is 36.8 Å². The molecule has 1 fully saturated rings. The van der Waals surface area contributed by atoms with Crippen LogP contribution in [-0.4, -0.2) is 23.8 Å². The van der Waals surface area contributed by atoms with Gasteiger partial charge in [-0.05, 0) is 37.7 Å². The first-order valence-electron chi connectivity index (χ1n) is 8.43. The molecule has 1 saturated heterocycles. The molecule has 110 valence electrons. The van der Waals surface area contributed by atoms with E-state index in [4.69, 9.17) is 0 Å². The standard InChI is InChI=1S/C19H23NO/c21-19-16-11-5-7-13-20-12-6-4-10-15(18(16)20)17(19)14-8-2-1-3-9-14/h1-3,8-9,15,17H,4-7,10-13H2/t15-,17+/m0/s1. The Kier molecular flexibility index (Phi) is 3.33. The summed E-state index contributed by atoms with van der Waals surface area (Å²) in [6.07, 6.45) is 7.14. The van der Waals surface area contributed by atoms with Crippen molar-refractivity contribution in [2.75, 3.05) is 13.1 Å².